The molecule has 3 N–H and O–H groups in total. The third-order valence-corrected chi connectivity index (χ3v) is 4.54. The molecular weight excluding hydrogens is 315 g/mol. The van der Waals surface area contributed by atoms with Gasteiger partial charge >= 0.3 is 6.03 Å². The van der Waals surface area contributed by atoms with Crippen molar-refractivity contribution in [2.24, 2.45) is 0 Å². The number of hydrogen-bond donors (Lipinski definition) is 3. The fraction of sp³-hybridized carbons (Fsp3) is 0.250. The van der Waals surface area contributed by atoms with Crippen molar-refractivity contribution >= 4 is 28.3 Å². The lowest BCUT2D eigenvalue weighted by Crippen LogP contribution is -2.38. The Kier molecular flexibility index (Phi) is 4.57. The molecule has 0 aliphatic carbocycles. The summed E-state index contributed by atoms with van der Waals surface area (Å²) in [6.07, 6.45) is 4.19. The lowest BCUT2D eigenvalue weighted by molar-refractivity contribution is 0.238. The van der Waals surface area contributed by atoms with Gasteiger partial charge in [-0.1, -0.05) is 0 Å². The smallest absolute Gasteiger partial charge is 0.315 e. The minimum atomic E-state index is -0.263. The van der Waals surface area contributed by atoms with E-state index in [1.54, 1.807) is 12.3 Å². The molecule has 1 aromatic carbocycles. The monoisotopic (exact) mass is 332 g/mol. The van der Waals surface area contributed by atoms with E-state index in [0.29, 0.717) is 13.0 Å². The lowest BCUT2D eigenvalue weighted by Gasteiger charge is -2.12. The molecule has 0 fully saturated rings. The van der Waals surface area contributed by atoms with Crippen molar-refractivity contribution in [1.29, 1.82) is 0 Å². The summed E-state index contributed by atoms with van der Waals surface area (Å²) >= 11 is 1.50. The molecule has 0 aliphatic rings. The van der Waals surface area contributed by atoms with Gasteiger partial charge in [0.15, 0.2) is 0 Å². The molecule has 0 saturated heterocycles. The number of benzene rings is 1. The van der Waals surface area contributed by atoms with Crippen LogP contribution >= 0.6 is 11.3 Å². The van der Waals surface area contributed by atoms with E-state index in [4.69, 9.17) is 0 Å². The number of aromatic nitrogens is 2. The molecule has 2 amide bonds. The summed E-state index contributed by atoms with van der Waals surface area (Å²) in [6.45, 7) is 2.36. The first-order chi connectivity index (χ1) is 11.1. The second-order valence-corrected chi connectivity index (χ2v) is 6.17. The maximum atomic E-state index is 13.3. The molecule has 0 bridgehead atoms. The zero-order valence-electron chi connectivity index (χ0n) is 12.6. The SMILES string of the molecule is CC(NC(=O)NCCc1c[nH]c2ccc(F)cc12)c1nccs1. The predicted octanol–water partition coefficient (Wildman–Crippen LogP) is 3.37. The van der Waals surface area contributed by atoms with Crippen LogP contribution in [-0.2, 0) is 6.42 Å². The molecule has 1 unspecified atom stereocenters. The molecule has 7 heteroatoms. The van der Waals surface area contributed by atoms with Crippen LogP contribution in [0.2, 0.25) is 0 Å². The van der Waals surface area contributed by atoms with Gasteiger partial charge in [-0.05, 0) is 37.1 Å². The summed E-state index contributed by atoms with van der Waals surface area (Å²) in [7, 11) is 0. The third-order valence-electron chi connectivity index (χ3n) is 3.58. The number of nitrogens with one attached hydrogen (secondary N) is 3. The summed E-state index contributed by atoms with van der Waals surface area (Å²) in [5.74, 6) is -0.263. The van der Waals surface area contributed by atoms with E-state index in [2.05, 4.69) is 20.6 Å². The normalized spacial score (nSPS) is 12.3. The highest BCUT2D eigenvalue weighted by Gasteiger charge is 2.11. The summed E-state index contributed by atoms with van der Waals surface area (Å²) in [6, 6.07) is 4.28. The van der Waals surface area contributed by atoms with Gasteiger partial charge in [0.1, 0.15) is 10.8 Å². The van der Waals surface area contributed by atoms with Crippen LogP contribution in [0.1, 0.15) is 23.5 Å². The molecule has 0 saturated carbocycles. The van der Waals surface area contributed by atoms with Crippen molar-refractivity contribution < 1.29 is 9.18 Å². The highest BCUT2D eigenvalue weighted by molar-refractivity contribution is 7.09. The molecule has 23 heavy (non-hydrogen) atoms. The van der Waals surface area contributed by atoms with Gasteiger partial charge in [0.2, 0.25) is 0 Å². The summed E-state index contributed by atoms with van der Waals surface area (Å²) in [5, 5.41) is 9.25. The second kappa shape index (κ2) is 6.78. The standard InChI is InChI=1S/C16H17FN4OS/c1-10(15-18-6-7-23-15)21-16(22)19-5-4-11-9-20-14-3-2-12(17)8-13(11)14/h2-3,6-10,20H,4-5H2,1H3,(H2,19,21,22). The van der Waals surface area contributed by atoms with E-state index in [9.17, 15) is 9.18 Å². The van der Waals surface area contributed by atoms with E-state index in [0.717, 1.165) is 21.5 Å². The van der Waals surface area contributed by atoms with Gasteiger partial charge in [0.05, 0.1) is 6.04 Å². The third kappa shape index (κ3) is 3.68. The number of aromatic amines is 1. The van der Waals surface area contributed by atoms with Crippen molar-refractivity contribution in [1.82, 2.24) is 20.6 Å². The molecule has 1 atom stereocenters. The van der Waals surface area contributed by atoms with Crippen LogP contribution in [0.15, 0.2) is 36.0 Å². The number of urea groups is 1. The van der Waals surface area contributed by atoms with E-state index in [1.807, 2.05) is 18.5 Å². The predicted molar refractivity (Wildman–Crippen MR) is 89.0 cm³/mol. The van der Waals surface area contributed by atoms with Crippen molar-refractivity contribution in [2.45, 2.75) is 19.4 Å². The van der Waals surface area contributed by atoms with Crippen LogP contribution in [0.5, 0.6) is 0 Å². The number of halogens is 1. The van der Waals surface area contributed by atoms with Gasteiger partial charge in [0, 0.05) is 35.2 Å². The van der Waals surface area contributed by atoms with Gasteiger partial charge in [-0.25, -0.2) is 14.2 Å². The average molecular weight is 332 g/mol. The second-order valence-electron chi connectivity index (χ2n) is 5.25. The van der Waals surface area contributed by atoms with Gasteiger partial charge in [-0.3, -0.25) is 0 Å². The zero-order chi connectivity index (χ0) is 16.2. The molecule has 5 nitrogen and oxygen atoms in total. The molecule has 0 aliphatic heterocycles. The Morgan fingerprint density at radius 3 is 3.13 bits per heavy atom. The number of carbonyl (C=O) groups excluding carboxylic acids is 1. The molecule has 2 aromatic heterocycles. The molecule has 0 spiro atoms. The first kappa shape index (κ1) is 15.5. The Hall–Kier alpha value is -2.41. The molecule has 2 heterocycles. The van der Waals surface area contributed by atoms with Crippen molar-refractivity contribution in [3.63, 3.8) is 0 Å². The number of nitrogens with zero attached hydrogens (tertiary/aromatic N) is 1. The first-order valence-electron chi connectivity index (χ1n) is 7.33. The van der Waals surface area contributed by atoms with Crippen LogP contribution in [0, 0.1) is 5.82 Å². The number of hydrogen-bond acceptors (Lipinski definition) is 3. The van der Waals surface area contributed by atoms with E-state index in [1.165, 1.54) is 23.5 Å². The number of H-pyrrole nitrogens is 1. The lowest BCUT2D eigenvalue weighted by atomic mass is 10.1. The van der Waals surface area contributed by atoms with Gasteiger partial charge in [-0.15, -0.1) is 11.3 Å². The fourth-order valence-electron chi connectivity index (χ4n) is 2.43. The van der Waals surface area contributed by atoms with Gasteiger partial charge in [-0.2, -0.15) is 0 Å². The Morgan fingerprint density at radius 2 is 2.35 bits per heavy atom. The number of amides is 2. The maximum Gasteiger partial charge on any atom is 0.315 e. The van der Waals surface area contributed by atoms with Crippen LogP contribution in [0.4, 0.5) is 9.18 Å². The Morgan fingerprint density at radius 1 is 1.48 bits per heavy atom. The van der Waals surface area contributed by atoms with Crippen LogP contribution in [0.3, 0.4) is 0 Å². The van der Waals surface area contributed by atoms with Gasteiger partial charge in [0.25, 0.3) is 0 Å². The largest absolute Gasteiger partial charge is 0.361 e. The van der Waals surface area contributed by atoms with Gasteiger partial charge < -0.3 is 15.6 Å². The highest BCUT2D eigenvalue weighted by Crippen LogP contribution is 2.19. The van der Waals surface area contributed by atoms with Crippen LogP contribution in [-0.4, -0.2) is 22.5 Å². The van der Waals surface area contributed by atoms with Crippen molar-refractivity contribution in [3.05, 3.63) is 52.4 Å². The molecule has 0 radical (unpaired) electrons. The van der Waals surface area contributed by atoms with Crippen molar-refractivity contribution in [2.75, 3.05) is 6.54 Å². The minimum Gasteiger partial charge on any atom is -0.361 e. The Balaban J connectivity index is 1.52. The Bertz CT molecular complexity index is 800. The fourth-order valence-corrected chi connectivity index (χ4v) is 3.07. The Labute approximate surface area is 136 Å². The summed E-state index contributed by atoms with van der Waals surface area (Å²) in [4.78, 5) is 19.2. The first-order valence-corrected chi connectivity index (χ1v) is 8.20. The van der Waals surface area contributed by atoms with Crippen LogP contribution in [0.25, 0.3) is 10.9 Å². The topological polar surface area (TPSA) is 69.8 Å². The minimum absolute atomic E-state index is 0.128. The number of fused-ring (bicyclic) bond motifs is 1. The number of thiazole rings is 1. The zero-order valence-corrected chi connectivity index (χ0v) is 13.4. The average Bonchev–Trinajstić information content (AvgIpc) is 3.17. The van der Waals surface area contributed by atoms with E-state index < -0.39 is 0 Å². The molecule has 3 rings (SSSR count). The summed E-state index contributed by atoms with van der Waals surface area (Å²) in [5.41, 5.74) is 1.87. The van der Waals surface area contributed by atoms with E-state index in [-0.39, 0.29) is 17.9 Å². The maximum absolute atomic E-state index is 13.3. The quantitative estimate of drug-likeness (QED) is 0.670. The summed E-state index contributed by atoms with van der Waals surface area (Å²) < 4.78 is 13.3. The molecular formula is C16H17FN4OS. The molecule has 3 aromatic rings. The molecule has 120 valence electrons. The van der Waals surface area contributed by atoms with E-state index >= 15 is 0 Å². The number of rotatable bonds is 5. The van der Waals surface area contributed by atoms with Crippen molar-refractivity contribution in [3.8, 4) is 0 Å². The van der Waals surface area contributed by atoms with Crippen LogP contribution < -0.4 is 10.6 Å². The highest BCUT2D eigenvalue weighted by atomic mass is 32.1. The number of carbonyl (C=O) groups is 1.